The van der Waals surface area contributed by atoms with Crippen molar-refractivity contribution in [1.82, 2.24) is 10.3 Å². The van der Waals surface area contributed by atoms with Gasteiger partial charge in [0.15, 0.2) is 0 Å². The molecule has 132 valence electrons. The van der Waals surface area contributed by atoms with E-state index >= 15 is 0 Å². The number of ether oxygens (including phenoxy) is 1. The third kappa shape index (κ3) is 5.04. The molecule has 0 aliphatic rings. The zero-order chi connectivity index (χ0) is 18.2. The fourth-order valence-electron chi connectivity index (χ4n) is 2.42. The lowest BCUT2D eigenvalue weighted by molar-refractivity contribution is -0.116. The average Bonchev–Trinajstić information content (AvgIpc) is 3.16. The Kier molecular flexibility index (Phi) is 6.17. The number of aromatic nitrogens is 1. The minimum atomic E-state index is -0.0999. The normalized spacial score (nSPS) is 10.8. The Morgan fingerprint density at radius 1 is 1.19 bits per heavy atom. The number of methoxy groups -OCH3 is 1. The third-order valence-corrected chi connectivity index (χ3v) is 4.72. The molecule has 0 atom stereocenters. The Balaban J connectivity index is 1.50. The fraction of sp³-hybridized carbons (Fsp3) is 0.143. The van der Waals surface area contributed by atoms with Gasteiger partial charge < -0.3 is 10.1 Å². The molecule has 1 amide bonds. The molecule has 5 heteroatoms. The topological polar surface area (TPSA) is 51.2 Å². The van der Waals surface area contributed by atoms with Gasteiger partial charge in [-0.25, -0.2) is 4.98 Å². The molecule has 0 aliphatic carbocycles. The van der Waals surface area contributed by atoms with E-state index in [-0.39, 0.29) is 5.91 Å². The first-order valence-corrected chi connectivity index (χ1v) is 9.22. The third-order valence-electron chi connectivity index (χ3n) is 3.78. The van der Waals surface area contributed by atoms with Crippen LogP contribution in [0.3, 0.4) is 0 Å². The van der Waals surface area contributed by atoms with Crippen molar-refractivity contribution in [3.8, 4) is 16.3 Å². The van der Waals surface area contributed by atoms with Crippen LogP contribution in [0.1, 0.15) is 11.3 Å². The van der Waals surface area contributed by atoms with Crippen LogP contribution < -0.4 is 10.1 Å². The van der Waals surface area contributed by atoms with E-state index in [1.807, 2.05) is 60.0 Å². The molecule has 0 unspecified atom stereocenters. The number of amides is 1. The summed E-state index contributed by atoms with van der Waals surface area (Å²) in [6.45, 7) is 0.555. The first-order valence-electron chi connectivity index (χ1n) is 8.34. The van der Waals surface area contributed by atoms with E-state index in [2.05, 4.69) is 10.3 Å². The Morgan fingerprint density at radius 3 is 2.85 bits per heavy atom. The predicted molar refractivity (Wildman–Crippen MR) is 106 cm³/mol. The van der Waals surface area contributed by atoms with Crippen molar-refractivity contribution in [1.29, 1.82) is 0 Å². The molecule has 0 aliphatic heterocycles. The summed E-state index contributed by atoms with van der Waals surface area (Å²) in [5.74, 6) is 0.716. The zero-order valence-corrected chi connectivity index (χ0v) is 15.3. The summed E-state index contributed by atoms with van der Waals surface area (Å²) < 4.78 is 5.25. The van der Waals surface area contributed by atoms with Crippen LogP contribution in [0.25, 0.3) is 16.6 Å². The monoisotopic (exact) mass is 364 g/mol. The Bertz CT molecular complexity index is 888. The van der Waals surface area contributed by atoms with E-state index in [1.54, 1.807) is 30.6 Å². The number of nitrogens with zero attached hydrogens (tertiary/aromatic N) is 1. The van der Waals surface area contributed by atoms with Crippen molar-refractivity contribution in [3.63, 3.8) is 0 Å². The number of carbonyl (C=O) groups excluding carboxylic acids is 1. The van der Waals surface area contributed by atoms with Gasteiger partial charge in [-0.1, -0.05) is 42.5 Å². The van der Waals surface area contributed by atoms with Crippen LogP contribution >= 0.6 is 11.3 Å². The Hall–Kier alpha value is -2.92. The summed E-state index contributed by atoms with van der Waals surface area (Å²) in [6.07, 6.45) is 4.06. The number of rotatable bonds is 7. The van der Waals surface area contributed by atoms with Crippen LogP contribution in [-0.2, 0) is 11.2 Å². The lowest BCUT2D eigenvalue weighted by atomic mass is 10.2. The number of hydrogen-bond acceptors (Lipinski definition) is 4. The average molecular weight is 364 g/mol. The standard InChI is InChI=1S/C21H20N2O2S/c1-25-19-9-5-8-17(14-19)21-23-18(15-26-21)12-13-22-20(24)11-10-16-6-3-2-4-7-16/h2-11,14-15H,12-13H2,1H3,(H,22,24). The van der Waals surface area contributed by atoms with Crippen molar-refractivity contribution in [2.45, 2.75) is 6.42 Å². The van der Waals surface area contributed by atoms with Crippen molar-refractivity contribution >= 4 is 23.3 Å². The molecule has 2 aromatic carbocycles. The first kappa shape index (κ1) is 17.9. The van der Waals surface area contributed by atoms with Crippen molar-refractivity contribution in [2.75, 3.05) is 13.7 Å². The number of thiazole rings is 1. The summed E-state index contributed by atoms with van der Waals surface area (Å²) in [5.41, 5.74) is 3.01. The number of benzene rings is 2. The minimum absolute atomic E-state index is 0.0999. The van der Waals surface area contributed by atoms with E-state index in [9.17, 15) is 4.79 Å². The Morgan fingerprint density at radius 2 is 2.04 bits per heavy atom. The van der Waals surface area contributed by atoms with Crippen molar-refractivity contribution < 1.29 is 9.53 Å². The van der Waals surface area contributed by atoms with Crippen LogP contribution in [0.15, 0.2) is 66.1 Å². The van der Waals surface area contributed by atoms with Gasteiger partial charge in [-0.15, -0.1) is 11.3 Å². The van der Waals surface area contributed by atoms with E-state index in [4.69, 9.17) is 4.74 Å². The van der Waals surface area contributed by atoms with E-state index in [0.29, 0.717) is 13.0 Å². The van der Waals surface area contributed by atoms with Gasteiger partial charge in [0, 0.05) is 30.0 Å². The molecule has 0 saturated heterocycles. The number of carbonyl (C=O) groups is 1. The molecule has 1 N–H and O–H groups in total. The largest absolute Gasteiger partial charge is 0.497 e. The maximum absolute atomic E-state index is 11.9. The van der Waals surface area contributed by atoms with Gasteiger partial charge >= 0.3 is 0 Å². The van der Waals surface area contributed by atoms with Crippen LogP contribution in [0, 0.1) is 0 Å². The molecule has 0 radical (unpaired) electrons. The number of hydrogen-bond donors (Lipinski definition) is 1. The molecular weight excluding hydrogens is 344 g/mol. The van der Waals surface area contributed by atoms with E-state index < -0.39 is 0 Å². The van der Waals surface area contributed by atoms with E-state index in [0.717, 1.165) is 27.6 Å². The summed E-state index contributed by atoms with van der Waals surface area (Å²) >= 11 is 1.59. The highest BCUT2D eigenvalue weighted by molar-refractivity contribution is 7.13. The summed E-state index contributed by atoms with van der Waals surface area (Å²) in [4.78, 5) is 16.5. The second-order valence-electron chi connectivity index (χ2n) is 5.66. The smallest absolute Gasteiger partial charge is 0.244 e. The molecule has 3 rings (SSSR count). The maximum Gasteiger partial charge on any atom is 0.244 e. The maximum atomic E-state index is 11.9. The molecule has 4 nitrogen and oxygen atoms in total. The van der Waals surface area contributed by atoms with Gasteiger partial charge in [0.1, 0.15) is 10.8 Å². The van der Waals surface area contributed by atoms with Gasteiger partial charge in [0.05, 0.1) is 12.8 Å². The van der Waals surface area contributed by atoms with Gasteiger partial charge in [0.25, 0.3) is 0 Å². The molecule has 3 aromatic rings. The highest BCUT2D eigenvalue weighted by atomic mass is 32.1. The first-order chi connectivity index (χ1) is 12.7. The summed E-state index contributed by atoms with van der Waals surface area (Å²) in [5, 5.41) is 5.87. The SMILES string of the molecule is COc1cccc(-c2nc(CCNC(=O)C=Cc3ccccc3)cs2)c1. The predicted octanol–water partition coefficient (Wildman–Crippen LogP) is 4.19. The summed E-state index contributed by atoms with van der Waals surface area (Å²) in [6, 6.07) is 17.6. The second-order valence-corrected chi connectivity index (χ2v) is 6.52. The molecule has 0 fully saturated rings. The highest BCUT2D eigenvalue weighted by Gasteiger charge is 2.06. The molecule has 0 saturated carbocycles. The quantitative estimate of drug-likeness (QED) is 0.640. The van der Waals surface area contributed by atoms with Crippen LogP contribution in [0.4, 0.5) is 0 Å². The molecule has 1 heterocycles. The van der Waals surface area contributed by atoms with Crippen molar-refractivity contribution in [3.05, 3.63) is 77.3 Å². The van der Waals surface area contributed by atoms with Gasteiger partial charge in [0.2, 0.25) is 5.91 Å². The van der Waals surface area contributed by atoms with Gasteiger partial charge in [-0.05, 0) is 23.8 Å². The van der Waals surface area contributed by atoms with Crippen molar-refractivity contribution in [2.24, 2.45) is 0 Å². The zero-order valence-electron chi connectivity index (χ0n) is 14.5. The van der Waals surface area contributed by atoms with Crippen LogP contribution in [0.5, 0.6) is 5.75 Å². The molecule has 1 aromatic heterocycles. The van der Waals surface area contributed by atoms with Crippen LogP contribution in [-0.4, -0.2) is 24.5 Å². The molecular formula is C21H20N2O2S. The van der Waals surface area contributed by atoms with Gasteiger partial charge in [-0.2, -0.15) is 0 Å². The number of nitrogens with one attached hydrogen (secondary N) is 1. The summed E-state index contributed by atoms with van der Waals surface area (Å²) in [7, 11) is 1.65. The lowest BCUT2D eigenvalue weighted by Gasteiger charge is -2.02. The molecule has 0 spiro atoms. The highest BCUT2D eigenvalue weighted by Crippen LogP contribution is 2.26. The molecule has 26 heavy (non-hydrogen) atoms. The van der Waals surface area contributed by atoms with Crippen LogP contribution in [0.2, 0.25) is 0 Å². The minimum Gasteiger partial charge on any atom is -0.497 e. The second kappa shape index (κ2) is 8.97. The lowest BCUT2D eigenvalue weighted by Crippen LogP contribution is -2.23. The fourth-order valence-corrected chi connectivity index (χ4v) is 3.27. The Labute approximate surface area is 157 Å². The van der Waals surface area contributed by atoms with Gasteiger partial charge in [-0.3, -0.25) is 4.79 Å². The molecule has 0 bridgehead atoms. The van der Waals surface area contributed by atoms with E-state index in [1.165, 1.54) is 0 Å².